The molecule has 5 heteroatoms. The van der Waals surface area contributed by atoms with Crippen molar-refractivity contribution in [3.63, 3.8) is 0 Å². The molecule has 0 heterocycles. The smallest absolute Gasteiger partial charge is 0.251 e. The van der Waals surface area contributed by atoms with Crippen LogP contribution < -0.4 is 16.0 Å². The number of hydrogen-bond donors (Lipinski definition) is 3. The highest BCUT2D eigenvalue weighted by Gasteiger charge is 2.08. The van der Waals surface area contributed by atoms with E-state index in [0.29, 0.717) is 12.1 Å². The SMILES string of the molecule is CCCCNC(=O)c1cccc(NCC(=O)Nc2cccc(C)c2C)c1. The molecule has 0 radical (unpaired) electrons. The monoisotopic (exact) mass is 353 g/mol. The summed E-state index contributed by atoms with van der Waals surface area (Å²) in [5.74, 6) is -0.224. The molecule has 0 aliphatic carbocycles. The highest BCUT2D eigenvalue weighted by Crippen LogP contribution is 2.18. The van der Waals surface area contributed by atoms with Crippen LogP contribution in [-0.2, 0) is 4.79 Å². The van der Waals surface area contributed by atoms with Crippen LogP contribution in [0.2, 0.25) is 0 Å². The van der Waals surface area contributed by atoms with Gasteiger partial charge in [0.25, 0.3) is 5.91 Å². The molecule has 5 nitrogen and oxygen atoms in total. The summed E-state index contributed by atoms with van der Waals surface area (Å²) in [4.78, 5) is 24.3. The van der Waals surface area contributed by atoms with Gasteiger partial charge in [0, 0.05) is 23.5 Å². The molecule has 2 rings (SSSR count). The summed E-state index contributed by atoms with van der Waals surface area (Å²) in [7, 11) is 0. The van der Waals surface area contributed by atoms with E-state index in [9.17, 15) is 9.59 Å². The molecule has 3 N–H and O–H groups in total. The molecule has 26 heavy (non-hydrogen) atoms. The van der Waals surface area contributed by atoms with Crippen LogP contribution in [0.4, 0.5) is 11.4 Å². The highest BCUT2D eigenvalue weighted by molar-refractivity contribution is 5.96. The van der Waals surface area contributed by atoms with E-state index in [-0.39, 0.29) is 18.4 Å². The molecule has 0 unspecified atom stereocenters. The largest absolute Gasteiger partial charge is 0.376 e. The minimum absolute atomic E-state index is 0.0954. The van der Waals surface area contributed by atoms with Gasteiger partial charge in [0.1, 0.15) is 0 Å². The minimum atomic E-state index is -0.128. The first-order valence-corrected chi connectivity index (χ1v) is 8.99. The maximum Gasteiger partial charge on any atom is 0.251 e. The first-order valence-electron chi connectivity index (χ1n) is 8.99. The van der Waals surface area contributed by atoms with Gasteiger partial charge in [0.15, 0.2) is 0 Å². The van der Waals surface area contributed by atoms with Crippen LogP contribution in [0.1, 0.15) is 41.3 Å². The van der Waals surface area contributed by atoms with Gasteiger partial charge in [-0.05, 0) is 55.7 Å². The Morgan fingerprint density at radius 2 is 1.81 bits per heavy atom. The van der Waals surface area contributed by atoms with Crippen molar-refractivity contribution < 1.29 is 9.59 Å². The van der Waals surface area contributed by atoms with Crippen molar-refractivity contribution in [2.75, 3.05) is 23.7 Å². The van der Waals surface area contributed by atoms with E-state index >= 15 is 0 Å². The van der Waals surface area contributed by atoms with E-state index in [4.69, 9.17) is 0 Å². The van der Waals surface area contributed by atoms with Gasteiger partial charge >= 0.3 is 0 Å². The molecule has 0 fully saturated rings. The summed E-state index contributed by atoms with van der Waals surface area (Å²) in [5.41, 5.74) is 4.34. The minimum Gasteiger partial charge on any atom is -0.376 e. The number of aryl methyl sites for hydroxylation is 1. The summed E-state index contributed by atoms with van der Waals surface area (Å²) < 4.78 is 0. The summed E-state index contributed by atoms with van der Waals surface area (Å²) in [6.07, 6.45) is 2.00. The van der Waals surface area contributed by atoms with E-state index in [0.717, 1.165) is 35.3 Å². The van der Waals surface area contributed by atoms with Gasteiger partial charge in [-0.3, -0.25) is 9.59 Å². The predicted octanol–water partition coefficient (Wildman–Crippen LogP) is 3.88. The van der Waals surface area contributed by atoms with E-state index < -0.39 is 0 Å². The number of anilines is 2. The van der Waals surface area contributed by atoms with Crippen molar-refractivity contribution in [1.29, 1.82) is 0 Å². The van der Waals surface area contributed by atoms with Crippen LogP contribution in [0.5, 0.6) is 0 Å². The predicted molar refractivity (Wildman–Crippen MR) is 107 cm³/mol. The Hall–Kier alpha value is -2.82. The molecule has 2 aromatic carbocycles. The molecule has 0 spiro atoms. The van der Waals surface area contributed by atoms with Gasteiger partial charge in [-0.25, -0.2) is 0 Å². The molecule has 2 amide bonds. The number of amides is 2. The molecule has 0 aliphatic rings. The van der Waals surface area contributed by atoms with Gasteiger partial charge in [0.2, 0.25) is 5.91 Å². The summed E-state index contributed by atoms with van der Waals surface area (Å²) in [6.45, 7) is 6.89. The fourth-order valence-corrected chi connectivity index (χ4v) is 2.51. The van der Waals surface area contributed by atoms with Crippen LogP contribution in [0.3, 0.4) is 0 Å². The van der Waals surface area contributed by atoms with Gasteiger partial charge in [0.05, 0.1) is 6.54 Å². The number of hydrogen-bond acceptors (Lipinski definition) is 3. The van der Waals surface area contributed by atoms with Crippen molar-refractivity contribution in [2.45, 2.75) is 33.6 Å². The van der Waals surface area contributed by atoms with Gasteiger partial charge in [-0.15, -0.1) is 0 Å². The Labute approximate surface area is 155 Å². The topological polar surface area (TPSA) is 70.2 Å². The molecular weight excluding hydrogens is 326 g/mol. The standard InChI is InChI=1S/C21H27N3O2/c1-4-5-12-22-21(26)17-9-7-10-18(13-17)23-14-20(25)24-19-11-6-8-15(2)16(19)3/h6-11,13,23H,4-5,12,14H2,1-3H3,(H,22,26)(H,24,25). The average molecular weight is 353 g/mol. The van der Waals surface area contributed by atoms with E-state index in [1.54, 1.807) is 18.2 Å². The third kappa shape index (κ3) is 5.62. The van der Waals surface area contributed by atoms with Crippen LogP contribution in [0.25, 0.3) is 0 Å². The quantitative estimate of drug-likeness (QED) is 0.631. The first-order chi connectivity index (χ1) is 12.5. The maximum atomic E-state index is 12.2. The zero-order valence-electron chi connectivity index (χ0n) is 15.7. The lowest BCUT2D eigenvalue weighted by atomic mass is 10.1. The van der Waals surface area contributed by atoms with Crippen LogP contribution in [-0.4, -0.2) is 24.9 Å². The van der Waals surface area contributed by atoms with Crippen LogP contribution in [0, 0.1) is 13.8 Å². The third-order valence-corrected chi connectivity index (χ3v) is 4.27. The molecule has 0 atom stereocenters. The lowest BCUT2D eigenvalue weighted by Gasteiger charge is -2.12. The summed E-state index contributed by atoms with van der Waals surface area (Å²) in [6, 6.07) is 13.0. The number of benzene rings is 2. The molecule has 0 saturated heterocycles. The number of unbranched alkanes of at least 4 members (excludes halogenated alkanes) is 1. The number of rotatable bonds is 8. The Kier molecular flexibility index (Phi) is 7.21. The van der Waals surface area contributed by atoms with Gasteiger partial charge < -0.3 is 16.0 Å². The lowest BCUT2D eigenvalue weighted by molar-refractivity contribution is -0.114. The maximum absolute atomic E-state index is 12.2. The molecular formula is C21H27N3O2. The van der Waals surface area contributed by atoms with Gasteiger partial charge in [-0.1, -0.05) is 31.5 Å². The average Bonchev–Trinajstić information content (AvgIpc) is 2.64. The Morgan fingerprint density at radius 3 is 2.58 bits per heavy atom. The normalized spacial score (nSPS) is 10.3. The van der Waals surface area contributed by atoms with E-state index in [2.05, 4.69) is 22.9 Å². The van der Waals surface area contributed by atoms with Gasteiger partial charge in [-0.2, -0.15) is 0 Å². The first kappa shape index (κ1) is 19.5. The van der Waals surface area contributed by atoms with Crippen molar-refractivity contribution in [1.82, 2.24) is 5.32 Å². The third-order valence-electron chi connectivity index (χ3n) is 4.27. The van der Waals surface area contributed by atoms with Crippen LogP contribution >= 0.6 is 0 Å². The molecule has 2 aromatic rings. The van der Waals surface area contributed by atoms with Crippen LogP contribution in [0.15, 0.2) is 42.5 Å². The highest BCUT2D eigenvalue weighted by atomic mass is 16.2. The number of carbonyl (C=O) groups is 2. The lowest BCUT2D eigenvalue weighted by Crippen LogP contribution is -2.25. The second-order valence-corrected chi connectivity index (χ2v) is 6.34. The van der Waals surface area contributed by atoms with E-state index in [1.807, 2.05) is 38.1 Å². The van der Waals surface area contributed by atoms with Crippen molar-refractivity contribution in [2.24, 2.45) is 0 Å². The Balaban J connectivity index is 1.90. The fourth-order valence-electron chi connectivity index (χ4n) is 2.51. The molecule has 0 aliphatic heterocycles. The van der Waals surface area contributed by atoms with Crippen molar-refractivity contribution in [3.8, 4) is 0 Å². The van der Waals surface area contributed by atoms with Crippen molar-refractivity contribution in [3.05, 3.63) is 59.2 Å². The van der Waals surface area contributed by atoms with Crippen molar-refractivity contribution >= 4 is 23.2 Å². The fraction of sp³-hybridized carbons (Fsp3) is 0.333. The zero-order valence-corrected chi connectivity index (χ0v) is 15.7. The molecule has 0 aromatic heterocycles. The molecule has 138 valence electrons. The Morgan fingerprint density at radius 1 is 1.04 bits per heavy atom. The summed E-state index contributed by atoms with van der Waals surface area (Å²) >= 11 is 0. The molecule has 0 bridgehead atoms. The second-order valence-electron chi connectivity index (χ2n) is 6.34. The number of carbonyl (C=O) groups excluding carboxylic acids is 2. The van der Waals surface area contributed by atoms with E-state index in [1.165, 1.54) is 0 Å². The Bertz CT molecular complexity index is 772. The molecule has 0 saturated carbocycles. The summed E-state index contributed by atoms with van der Waals surface area (Å²) in [5, 5.41) is 8.87. The second kappa shape index (κ2) is 9.61. The zero-order chi connectivity index (χ0) is 18.9. The number of nitrogens with one attached hydrogen (secondary N) is 3.